The Hall–Kier alpha value is -0.890. The highest BCUT2D eigenvalue weighted by Gasteiger charge is 2.36. The molecule has 1 aromatic carbocycles. The maximum atomic E-state index is 12.8. The standard InChI is InChI=1S/C13H16FN/c14-12-5-3-9(4-6-12)11-7-13(15-8-11)10-1-2-10/h3-6,10-11,13,15H,1-2,7-8H2. The quantitative estimate of drug-likeness (QED) is 0.782. The molecule has 1 heterocycles. The smallest absolute Gasteiger partial charge is 0.123 e. The molecule has 0 aromatic heterocycles. The highest BCUT2D eigenvalue weighted by atomic mass is 19.1. The van der Waals surface area contributed by atoms with Gasteiger partial charge in [-0.15, -0.1) is 0 Å². The molecule has 0 amide bonds. The van der Waals surface area contributed by atoms with Crippen molar-refractivity contribution in [3.8, 4) is 0 Å². The molecule has 2 atom stereocenters. The molecule has 3 rings (SSSR count). The highest BCUT2D eigenvalue weighted by molar-refractivity contribution is 5.22. The Morgan fingerprint density at radius 3 is 2.53 bits per heavy atom. The number of hydrogen-bond donors (Lipinski definition) is 1. The number of rotatable bonds is 2. The van der Waals surface area contributed by atoms with Gasteiger partial charge < -0.3 is 5.32 Å². The Labute approximate surface area is 89.7 Å². The first-order chi connectivity index (χ1) is 7.33. The lowest BCUT2D eigenvalue weighted by atomic mass is 9.95. The molecule has 2 heteroatoms. The van der Waals surface area contributed by atoms with E-state index in [0.717, 1.165) is 18.5 Å². The van der Waals surface area contributed by atoms with Crippen LogP contribution in [0.1, 0.15) is 30.7 Å². The molecule has 2 aliphatic rings. The SMILES string of the molecule is Fc1ccc(C2CNC(C3CC3)C2)cc1. The molecule has 0 radical (unpaired) electrons. The van der Waals surface area contributed by atoms with Crippen LogP contribution in [0.5, 0.6) is 0 Å². The second kappa shape index (κ2) is 3.60. The molecule has 0 spiro atoms. The van der Waals surface area contributed by atoms with Gasteiger partial charge >= 0.3 is 0 Å². The Morgan fingerprint density at radius 1 is 1.13 bits per heavy atom. The summed E-state index contributed by atoms with van der Waals surface area (Å²) in [6.07, 6.45) is 4.03. The summed E-state index contributed by atoms with van der Waals surface area (Å²) >= 11 is 0. The molecule has 1 aromatic rings. The molecule has 1 saturated carbocycles. The summed E-state index contributed by atoms with van der Waals surface area (Å²) in [6, 6.07) is 7.72. The molecule has 1 N–H and O–H groups in total. The van der Waals surface area contributed by atoms with Crippen molar-refractivity contribution < 1.29 is 4.39 Å². The fourth-order valence-electron chi connectivity index (χ4n) is 2.61. The van der Waals surface area contributed by atoms with E-state index in [-0.39, 0.29) is 5.82 Å². The lowest BCUT2D eigenvalue weighted by Crippen LogP contribution is -2.22. The summed E-state index contributed by atoms with van der Waals surface area (Å²) in [5.74, 6) is 1.38. The van der Waals surface area contributed by atoms with Crippen molar-refractivity contribution >= 4 is 0 Å². The normalized spacial score (nSPS) is 30.7. The van der Waals surface area contributed by atoms with E-state index in [9.17, 15) is 4.39 Å². The average molecular weight is 205 g/mol. The number of nitrogens with one attached hydrogen (secondary N) is 1. The summed E-state index contributed by atoms with van der Waals surface area (Å²) in [6.45, 7) is 1.06. The summed E-state index contributed by atoms with van der Waals surface area (Å²) in [5.41, 5.74) is 1.28. The van der Waals surface area contributed by atoms with Gasteiger partial charge in [0.05, 0.1) is 0 Å². The largest absolute Gasteiger partial charge is 0.313 e. The fraction of sp³-hybridized carbons (Fsp3) is 0.538. The van der Waals surface area contributed by atoms with Gasteiger partial charge in [0, 0.05) is 12.6 Å². The first-order valence-electron chi connectivity index (χ1n) is 5.82. The predicted molar refractivity (Wildman–Crippen MR) is 58.3 cm³/mol. The van der Waals surface area contributed by atoms with Gasteiger partial charge in [-0.05, 0) is 48.8 Å². The van der Waals surface area contributed by atoms with Crippen LogP contribution < -0.4 is 5.32 Å². The van der Waals surface area contributed by atoms with Crippen LogP contribution in [0.3, 0.4) is 0 Å². The van der Waals surface area contributed by atoms with Crippen molar-refractivity contribution in [2.75, 3.05) is 6.54 Å². The monoisotopic (exact) mass is 205 g/mol. The second-order valence-electron chi connectivity index (χ2n) is 4.84. The van der Waals surface area contributed by atoms with Crippen LogP contribution in [-0.2, 0) is 0 Å². The third-order valence-corrected chi connectivity index (χ3v) is 3.70. The van der Waals surface area contributed by atoms with Crippen LogP contribution in [0.15, 0.2) is 24.3 Å². The Balaban J connectivity index is 1.70. The van der Waals surface area contributed by atoms with E-state index in [1.54, 1.807) is 12.1 Å². The van der Waals surface area contributed by atoms with Crippen LogP contribution >= 0.6 is 0 Å². The summed E-state index contributed by atoms with van der Waals surface area (Å²) in [4.78, 5) is 0. The predicted octanol–water partition coefficient (Wildman–Crippen LogP) is 2.68. The third-order valence-electron chi connectivity index (χ3n) is 3.70. The van der Waals surface area contributed by atoms with Crippen molar-refractivity contribution in [2.24, 2.45) is 5.92 Å². The van der Waals surface area contributed by atoms with Gasteiger partial charge in [0.25, 0.3) is 0 Å². The molecule has 15 heavy (non-hydrogen) atoms. The first kappa shape index (κ1) is 9.34. The summed E-state index contributed by atoms with van der Waals surface area (Å²) in [5, 5.41) is 3.59. The molecule has 1 aliphatic heterocycles. The van der Waals surface area contributed by atoms with Gasteiger partial charge in [-0.3, -0.25) is 0 Å². The van der Waals surface area contributed by atoms with E-state index in [1.165, 1.54) is 24.8 Å². The molecule has 80 valence electrons. The van der Waals surface area contributed by atoms with E-state index in [2.05, 4.69) is 5.32 Å². The van der Waals surface area contributed by atoms with E-state index < -0.39 is 0 Å². The highest BCUT2D eigenvalue weighted by Crippen LogP contribution is 2.39. The zero-order valence-corrected chi connectivity index (χ0v) is 8.75. The number of hydrogen-bond acceptors (Lipinski definition) is 1. The Morgan fingerprint density at radius 2 is 1.87 bits per heavy atom. The van der Waals surface area contributed by atoms with E-state index in [1.807, 2.05) is 12.1 Å². The minimum Gasteiger partial charge on any atom is -0.313 e. The minimum absolute atomic E-state index is 0.136. The lowest BCUT2D eigenvalue weighted by molar-refractivity contribution is 0.535. The van der Waals surface area contributed by atoms with Gasteiger partial charge in [0.15, 0.2) is 0 Å². The molecular weight excluding hydrogens is 189 g/mol. The molecule has 2 unspecified atom stereocenters. The maximum absolute atomic E-state index is 12.8. The molecule has 1 nitrogen and oxygen atoms in total. The van der Waals surface area contributed by atoms with Gasteiger partial charge in [-0.1, -0.05) is 12.1 Å². The van der Waals surface area contributed by atoms with Crippen LogP contribution in [0.2, 0.25) is 0 Å². The molecule has 2 fully saturated rings. The van der Waals surface area contributed by atoms with Crippen LogP contribution in [0.25, 0.3) is 0 Å². The van der Waals surface area contributed by atoms with Crippen molar-refractivity contribution in [2.45, 2.75) is 31.2 Å². The van der Waals surface area contributed by atoms with Crippen molar-refractivity contribution in [1.29, 1.82) is 0 Å². The van der Waals surface area contributed by atoms with E-state index in [0.29, 0.717) is 5.92 Å². The fourth-order valence-corrected chi connectivity index (χ4v) is 2.61. The van der Waals surface area contributed by atoms with Crippen molar-refractivity contribution in [3.05, 3.63) is 35.6 Å². The zero-order chi connectivity index (χ0) is 10.3. The molecule has 1 aliphatic carbocycles. The van der Waals surface area contributed by atoms with Gasteiger partial charge in [0.1, 0.15) is 5.82 Å². The van der Waals surface area contributed by atoms with Crippen molar-refractivity contribution in [3.63, 3.8) is 0 Å². The number of benzene rings is 1. The average Bonchev–Trinajstić information content (AvgIpc) is 2.99. The molecular formula is C13H16FN. The lowest BCUT2D eigenvalue weighted by Gasteiger charge is -2.09. The van der Waals surface area contributed by atoms with E-state index >= 15 is 0 Å². The van der Waals surface area contributed by atoms with Gasteiger partial charge in [0.2, 0.25) is 0 Å². The van der Waals surface area contributed by atoms with Crippen molar-refractivity contribution in [1.82, 2.24) is 5.32 Å². The van der Waals surface area contributed by atoms with Gasteiger partial charge in [-0.2, -0.15) is 0 Å². The first-order valence-corrected chi connectivity index (χ1v) is 5.82. The Kier molecular flexibility index (Phi) is 2.24. The summed E-state index contributed by atoms with van der Waals surface area (Å²) in [7, 11) is 0. The molecule has 0 bridgehead atoms. The Bertz CT molecular complexity index is 342. The van der Waals surface area contributed by atoms with Crippen LogP contribution in [-0.4, -0.2) is 12.6 Å². The topological polar surface area (TPSA) is 12.0 Å². The second-order valence-corrected chi connectivity index (χ2v) is 4.84. The minimum atomic E-state index is -0.136. The maximum Gasteiger partial charge on any atom is 0.123 e. The summed E-state index contributed by atoms with van der Waals surface area (Å²) < 4.78 is 12.8. The van der Waals surface area contributed by atoms with Crippen LogP contribution in [0, 0.1) is 11.7 Å². The van der Waals surface area contributed by atoms with Crippen LogP contribution in [0.4, 0.5) is 4.39 Å². The third kappa shape index (κ3) is 1.91. The van der Waals surface area contributed by atoms with E-state index in [4.69, 9.17) is 0 Å². The number of halogens is 1. The van der Waals surface area contributed by atoms with Gasteiger partial charge in [-0.25, -0.2) is 4.39 Å². The molecule has 1 saturated heterocycles. The zero-order valence-electron chi connectivity index (χ0n) is 8.75.